The second-order valence-electron chi connectivity index (χ2n) is 3.07. The molecule has 0 aromatic rings. The molecular weight excluding hydrogens is 210 g/mol. The summed E-state index contributed by atoms with van der Waals surface area (Å²) in [6.07, 6.45) is 0.490. The molecule has 0 atom stereocenters. The first-order valence-corrected chi connectivity index (χ1v) is 6.19. The number of hydrogen-bond acceptors (Lipinski definition) is 2. The molecule has 0 radical (unpaired) electrons. The van der Waals surface area contributed by atoms with Gasteiger partial charge in [-0.1, -0.05) is 12.2 Å². The molecule has 0 heterocycles. The molecule has 0 aromatic heterocycles. The Balaban J connectivity index is 4.20. The summed E-state index contributed by atoms with van der Waals surface area (Å²) in [5.74, 6) is 0.487. The maximum absolute atomic E-state index is 11.5. The fraction of sp³-hybridized carbons (Fsp3) is 0.750. The normalized spacial score (nSPS) is 12.0. The summed E-state index contributed by atoms with van der Waals surface area (Å²) < 4.78 is 24.2. The fourth-order valence-corrected chi connectivity index (χ4v) is 2.40. The molecule has 3 nitrogen and oxygen atoms in total. The summed E-state index contributed by atoms with van der Waals surface area (Å²) in [7, 11) is -1.58. The van der Waals surface area contributed by atoms with Crippen molar-refractivity contribution in [2.45, 2.75) is 13.3 Å². The Morgan fingerprint density at radius 3 is 2.46 bits per heavy atom. The molecule has 0 bridgehead atoms. The quantitative estimate of drug-likeness (QED) is 0.507. The Morgan fingerprint density at radius 1 is 1.54 bits per heavy atom. The second kappa shape index (κ2) is 5.62. The van der Waals surface area contributed by atoms with Crippen LogP contribution in [0.15, 0.2) is 12.2 Å². The average Bonchev–Trinajstić information content (AvgIpc) is 1.99. The van der Waals surface area contributed by atoms with Crippen LogP contribution in [0, 0.1) is 0 Å². The van der Waals surface area contributed by atoms with Crippen LogP contribution in [0.4, 0.5) is 0 Å². The van der Waals surface area contributed by atoms with Crippen molar-refractivity contribution in [1.82, 2.24) is 4.31 Å². The Morgan fingerprint density at radius 2 is 2.08 bits per heavy atom. The van der Waals surface area contributed by atoms with E-state index in [9.17, 15) is 8.42 Å². The van der Waals surface area contributed by atoms with Crippen molar-refractivity contribution in [1.29, 1.82) is 0 Å². The maximum Gasteiger partial charge on any atom is 0.214 e. The van der Waals surface area contributed by atoms with Crippen molar-refractivity contribution in [3.05, 3.63) is 12.2 Å². The summed E-state index contributed by atoms with van der Waals surface area (Å²) in [5.41, 5.74) is 0.831. The number of nitrogens with zero attached hydrogens (tertiary/aromatic N) is 1. The SMILES string of the molecule is C=C(C)CN(C)S(=O)(=O)CCCCl. The van der Waals surface area contributed by atoms with Gasteiger partial charge in [0, 0.05) is 19.5 Å². The van der Waals surface area contributed by atoms with Gasteiger partial charge in [-0.05, 0) is 13.3 Å². The van der Waals surface area contributed by atoms with Crippen LogP contribution in [0.1, 0.15) is 13.3 Å². The fourth-order valence-electron chi connectivity index (χ4n) is 0.871. The van der Waals surface area contributed by atoms with Gasteiger partial charge in [-0.15, -0.1) is 11.6 Å². The Kier molecular flexibility index (Phi) is 5.60. The van der Waals surface area contributed by atoms with Gasteiger partial charge in [0.15, 0.2) is 0 Å². The highest BCUT2D eigenvalue weighted by atomic mass is 35.5. The first-order chi connectivity index (χ1) is 5.90. The van der Waals surface area contributed by atoms with Gasteiger partial charge in [0.25, 0.3) is 0 Å². The standard InChI is InChI=1S/C8H16ClNO2S/c1-8(2)7-10(3)13(11,12)6-4-5-9/h1,4-7H2,2-3H3. The van der Waals surface area contributed by atoms with Crippen molar-refractivity contribution in [3.63, 3.8) is 0 Å². The summed E-state index contributed by atoms with van der Waals surface area (Å²) in [4.78, 5) is 0. The Bertz CT molecular complexity index is 261. The van der Waals surface area contributed by atoms with E-state index in [1.807, 2.05) is 0 Å². The zero-order chi connectivity index (χ0) is 10.5. The minimum absolute atomic E-state index is 0.111. The number of likely N-dealkylation sites (N-methyl/N-ethyl adjacent to an activating group) is 1. The molecule has 0 fully saturated rings. The zero-order valence-corrected chi connectivity index (χ0v) is 9.66. The lowest BCUT2D eigenvalue weighted by Gasteiger charge is -2.16. The van der Waals surface area contributed by atoms with Crippen molar-refractivity contribution in [2.24, 2.45) is 0 Å². The van der Waals surface area contributed by atoms with E-state index in [2.05, 4.69) is 6.58 Å². The molecule has 78 valence electrons. The lowest BCUT2D eigenvalue weighted by molar-refractivity contribution is 0.492. The molecule has 0 aliphatic rings. The number of hydrogen-bond donors (Lipinski definition) is 0. The minimum Gasteiger partial charge on any atom is -0.212 e. The topological polar surface area (TPSA) is 37.4 Å². The van der Waals surface area contributed by atoms with Gasteiger partial charge in [-0.2, -0.15) is 0 Å². The molecule has 0 rings (SSSR count). The van der Waals surface area contributed by atoms with E-state index in [4.69, 9.17) is 11.6 Å². The molecule has 13 heavy (non-hydrogen) atoms. The number of alkyl halides is 1. The molecule has 0 unspecified atom stereocenters. The van der Waals surface area contributed by atoms with E-state index in [0.717, 1.165) is 5.57 Å². The van der Waals surface area contributed by atoms with Gasteiger partial charge in [0.05, 0.1) is 5.75 Å². The van der Waals surface area contributed by atoms with Crippen LogP contribution >= 0.6 is 11.6 Å². The van der Waals surface area contributed by atoms with Crippen LogP contribution < -0.4 is 0 Å². The highest BCUT2D eigenvalue weighted by Crippen LogP contribution is 2.03. The first kappa shape index (κ1) is 12.9. The van der Waals surface area contributed by atoms with Gasteiger partial charge in [-0.25, -0.2) is 12.7 Å². The van der Waals surface area contributed by atoms with E-state index >= 15 is 0 Å². The lowest BCUT2D eigenvalue weighted by Crippen LogP contribution is -2.30. The van der Waals surface area contributed by atoms with E-state index in [0.29, 0.717) is 18.8 Å². The minimum atomic E-state index is -3.13. The largest absolute Gasteiger partial charge is 0.214 e. The third kappa shape index (κ3) is 5.29. The average molecular weight is 226 g/mol. The zero-order valence-electron chi connectivity index (χ0n) is 8.09. The van der Waals surface area contributed by atoms with Gasteiger partial charge < -0.3 is 0 Å². The number of sulfonamides is 1. The molecule has 0 aliphatic heterocycles. The van der Waals surface area contributed by atoms with Crippen molar-refractivity contribution in [2.75, 3.05) is 25.2 Å². The third-order valence-electron chi connectivity index (χ3n) is 1.50. The molecule has 0 aromatic carbocycles. The van der Waals surface area contributed by atoms with E-state index in [1.165, 1.54) is 4.31 Å². The van der Waals surface area contributed by atoms with E-state index in [1.54, 1.807) is 14.0 Å². The molecule has 0 saturated carbocycles. The summed E-state index contributed by atoms with van der Waals surface area (Å²) in [6, 6.07) is 0. The Hall–Kier alpha value is -0.0600. The van der Waals surface area contributed by atoms with Crippen molar-refractivity contribution in [3.8, 4) is 0 Å². The van der Waals surface area contributed by atoms with Crippen LogP contribution in [0.3, 0.4) is 0 Å². The van der Waals surface area contributed by atoms with E-state index < -0.39 is 10.0 Å². The van der Waals surface area contributed by atoms with Crippen LogP contribution in [0.2, 0.25) is 0 Å². The van der Waals surface area contributed by atoms with Crippen LogP contribution in [0.25, 0.3) is 0 Å². The monoisotopic (exact) mass is 225 g/mol. The van der Waals surface area contributed by atoms with Crippen molar-refractivity contribution >= 4 is 21.6 Å². The molecular formula is C8H16ClNO2S. The smallest absolute Gasteiger partial charge is 0.212 e. The van der Waals surface area contributed by atoms with Crippen molar-refractivity contribution < 1.29 is 8.42 Å². The predicted molar refractivity (Wildman–Crippen MR) is 56.6 cm³/mol. The highest BCUT2D eigenvalue weighted by molar-refractivity contribution is 7.89. The first-order valence-electron chi connectivity index (χ1n) is 4.04. The maximum atomic E-state index is 11.5. The summed E-state index contributed by atoms with van der Waals surface area (Å²) in [6.45, 7) is 5.84. The molecule has 0 aliphatic carbocycles. The summed E-state index contributed by atoms with van der Waals surface area (Å²) >= 11 is 5.42. The number of halogens is 1. The molecule has 5 heteroatoms. The molecule has 0 saturated heterocycles. The molecule has 0 amide bonds. The summed E-state index contributed by atoms with van der Waals surface area (Å²) in [5, 5.41) is 0. The Labute approximate surface area is 85.4 Å². The van der Waals surface area contributed by atoms with E-state index in [-0.39, 0.29) is 5.75 Å². The van der Waals surface area contributed by atoms with Gasteiger partial charge in [0.2, 0.25) is 10.0 Å². The van der Waals surface area contributed by atoms with Crippen LogP contribution in [-0.4, -0.2) is 37.9 Å². The second-order valence-corrected chi connectivity index (χ2v) is 5.65. The van der Waals surface area contributed by atoms with Gasteiger partial charge in [0.1, 0.15) is 0 Å². The predicted octanol–water partition coefficient (Wildman–Crippen LogP) is 1.45. The third-order valence-corrected chi connectivity index (χ3v) is 3.65. The highest BCUT2D eigenvalue weighted by Gasteiger charge is 2.16. The van der Waals surface area contributed by atoms with Crippen LogP contribution in [-0.2, 0) is 10.0 Å². The molecule has 0 N–H and O–H groups in total. The number of rotatable bonds is 6. The molecule has 0 spiro atoms. The lowest BCUT2D eigenvalue weighted by atomic mass is 10.4. The van der Waals surface area contributed by atoms with Crippen LogP contribution in [0.5, 0.6) is 0 Å². The van der Waals surface area contributed by atoms with Gasteiger partial charge in [-0.3, -0.25) is 0 Å². The van der Waals surface area contributed by atoms with Gasteiger partial charge >= 0.3 is 0 Å².